The number of aromatic hydroxyl groups is 1. The average Bonchev–Trinajstić information content (AvgIpc) is 2.96. The van der Waals surface area contributed by atoms with Crippen molar-refractivity contribution in [1.82, 2.24) is 16.0 Å². The lowest BCUT2D eigenvalue weighted by Gasteiger charge is -2.25. The van der Waals surface area contributed by atoms with Crippen LogP contribution in [0.2, 0.25) is 0 Å². The maximum atomic E-state index is 13.5. The number of amides is 4. The summed E-state index contributed by atoms with van der Waals surface area (Å²) in [7, 11) is 0. The molecule has 0 bridgehead atoms. The number of unbranched alkanes of at least 4 members (excludes halogenated alkanes) is 1. The van der Waals surface area contributed by atoms with Gasteiger partial charge in [0, 0.05) is 19.3 Å². The van der Waals surface area contributed by atoms with Gasteiger partial charge in [-0.2, -0.15) is 0 Å². The van der Waals surface area contributed by atoms with E-state index in [0.717, 1.165) is 0 Å². The zero-order valence-electron chi connectivity index (χ0n) is 23.3. The Bertz CT molecular complexity index is 1190. The zero-order chi connectivity index (χ0) is 31.1. The molecule has 0 aliphatic carbocycles. The largest absolute Gasteiger partial charge is 0.508 e. The molecule has 13 nitrogen and oxygen atoms in total. The number of aliphatic carboxylic acids is 1. The van der Waals surface area contributed by atoms with Crippen LogP contribution in [0.15, 0.2) is 54.6 Å². The number of carboxylic acid groups (broad SMARTS) is 1. The highest BCUT2D eigenvalue weighted by Crippen LogP contribution is 2.13. The Morgan fingerprint density at radius 1 is 0.714 bits per heavy atom. The fourth-order valence-electron chi connectivity index (χ4n) is 4.14. The van der Waals surface area contributed by atoms with Gasteiger partial charge in [-0.25, -0.2) is 4.79 Å². The van der Waals surface area contributed by atoms with Crippen LogP contribution in [0.5, 0.6) is 5.75 Å². The molecule has 0 spiro atoms. The van der Waals surface area contributed by atoms with Crippen LogP contribution in [0.3, 0.4) is 0 Å². The van der Waals surface area contributed by atoms with E-state index in [1.165, 1.54) is 12.1 Å². The first kappa shape index (κ1) is 33.7. The molecule has 11 N–H and O–H groups in total. The van der Waals surface area contributed by atoms with Crippen LogP contribution in [0.1, 0.15) is 43.2 Å². The van der Waals surface area contributed by atoms with Crippen LogP contribution < -0.4 is 33.2 Å². The van der Waals surface area contributed by atoms with Crippen LogP contribution in [0.25, 0.3) is 0 Å². The molecule has 2 aromatic carbocycles. The van der Waals surface area contributed by atoms with Crippen molar-refractivity contribution in [3.8, 4) is 5.75 Å². The van der Waals surface area contributed by atoms with Crippen molar-refractivity contribution in [2.24, 2.45) is 17.2 Å². The molecular formula is C29H40N6O7. The van der Waals surface area contributed by atoms with Crippen LogP contribution in [-0.2, 0) is 36.8 Å². The molecule has 42 heavy (non-hydrogen) atoms. The van der Waals surface area contributed by atoms with Crippen LogP contribution in [-0.4, -0.2) is 70.5 Å². The molecule has 2 rings (SSSR count). The average molecular weight is 585 g/mol. The van der Waals surface area contributed by atoms with Gasteiger partial charge in [0.05, 0.1) is 6.04 Å². The number of nitrogens with two attached hydrogens (primary N) is 3. The topological polar surface area (TPSA) is 240 Å². The summed E-state index contributed by atoms with van der Waals surface area (Å²) in [5.74, 6) is -3.96. The van der Waals surface area contributed by atoms with Crippen molar-refractivity contribution in [1.29, 1.82) is 0 Å². The first-order valence-corrected chi connectivity index (χ1v) is 13.7. The van der Waals surface area contributed by atoms with Crippen molar-refractivity contribution in [3.63, 3.8) is 0 Å². The third-order valence-electron chi connectivity index (χ3n) is 6.52. The molecule has 0 aliphatic rings. The van der Waals surface area contributed by atoms with E-state index in [0.29, 0.717) is 30.5 Å². The van der Waals surface area contributed by atoms with E-state index in [1.54, 1.807) is 42.5 Å². The molecule has 0 aromatic heterocycles. The number of primary amides is 1. The molecule has 13 heteroatoms. The molecule has 0 saturated carbocycles. The van der Waals surface area contributed by atoms with Crippen molar-refractivity contribution >= 4 is 29.6 Å². The number of carbonyl (C=O) groups excluding carboxylic acids is 4. The molecular weight excluding hydrogens is 544 g/mol. The standard InChI is InChI=1S/C29H40N6O7/c30-15-5-4-8-22(27(39)35-24(29(41)42)17-18-6-2-1-3-7-18)33-28(40)23(16-19-9-11-20(36)12-10-19)34-26(38)21(31)13-14-25(32)37/h1-3,6-7,9-12,21-24,36H,4-5,8,13-17,30-31H2,(H2,32,37)(H,33,40)(H,34,38)(H,35,39)(H,41,42). The van der Waals surface area contributed by atoms with E-state index in [1.807, 2.05) is 0 Å². The fourth-order valence-corrected chi connectivity index (χ4v) is 4.14. The number of benzene rings is 2. The molecule has 4 atom stereocenters. The highest BCUT2D eigenvalue weighted by molar-refractivity contribution is 5.94. The molecule has 0 saturated heterocycles. The summed E-state index contributed by atoms with van der Waals surface area (Å²) in [5, 5.41) is 27.1. The minimum absolute atomic E-state index is 0.0106. The number of carboxylic acids is 1. The van der Waals surface area contributed by atoms with E-state index in [9.17, 15) is 34.2 Å². The van der Waals surface area contributed by atoms with Crippen LogP contribution in [0.4, 0.5) is 0 Å². The Morgan fingerprint density at radius 3 is 1.86 bits per heavy atom. The monoisotopic (exact) mass is 584 g/mol. The molecule has 2 aromatic rings. The summed E-state index contributed by atoms with van der Waals surface area (Å²) < 4.78 is 0. The van der Waals surface area contributed by atoms with Gasteiger partial charge in [-0.3, -0.25) is 19.2 Å². The van der Waals surface area contributed by atoms with Gasteiger partial charge in [0.15, 0.2) is 0 Å². The second kappa shape index (κ2) is 17.4. The van der Waals surface area contributed by atoms with E-state index in [-0.39, 0.29) is 37.9 Å². The molecule has 228 valence electrons. The lowest BCUT2D eigenvalue weighted by molar-refractivity contribution is -0.142. The maximum absolute atomic E-state index is 13.5. The Morgan fingerprint density at radius 2 is 1.26 bits per heavy atom. The van der Waals surface area contributed by atoms with Gasteiger partial charge in [-0.1, -0.05) is 42.5 Å². The highest BCUT2D eigenvalue weighted by atomic mass is 16.4. The number of phenolic OH excluding ortho intramolecular Hbond substituents is 1. The molecule has 4 amide bonds. The minimum Gasteiger partial charge on any atom is -0.508 e. The highest BCUT2D eigenvalue weighted by Gasteiger charge is 2.30. The first-order valence-electron chi connectivity index (χ1n) is 13.7. The van der Waals surface area contributed by atoms with Gasteiger partial charge in [-0.05, 0) is 55.5 Å². The molecule has 0 radical (unpaired) electrons. The third kappa shape index (κ3) is 11.9. The minimum atomic E-state index is -1.25. The lowest BCUT2D eigenvalue weighted by Crippen LogP contribution is -2.57. The predicted molar refractivity (Wildman–Crippen MR) is 155 cm³/mol. The van der Waals surface area contributed by atoms with Gasteiger partial charge in [0.1, 0.15) is 23.9 Å². The lowest BCUT2D eigenvalue weighted by atomic mass is 10.0. The summed E-state index contributed by atoms with van der Waals surface area (Å²) in [6.07, 6.45) is 1.08. The maximum Gasteiger partial charge on any atom is 0.326 e. The number of rotatable bonds is 18. The Labute approximate surface area is 244 Å². The van der Waals surface area contributed by atoms with Gasteiger partial charge in [0.2, 0.25) is 23.6 Å². The van der Waals surface area contributed by atoms with Crippen LogP contribution >= 0.6 is 0 Å². The zero-order valence-corrected chi connectivity index (χ0v) is 23.3. The smallest absolute Gasteiger partial charge is 0.326 e. The summed E-state index contributed by atoms with van der Waals surface area (Å²) in [5.41, 5.74) is 17.9. The Balaban J connectivity index is 2.23. The number of hydrogen-bond acceptors (Lipinski definition) is 8. The molecule has 0 heterocycles. The fraction of sp³-hybridized carbons (Fsp3) is 0.414. The number of hydrogen-bond donors (Lipinski definition) is 8. The molecule has 0 fully saturated rings. The van der Waals surface area contributed by atoms with Crippen molar-refractivity contribution < 1.29 is 34.2 Å². The first-order chi connectivity index (χ1) is 20.0. The summed E-state index contributed by atoms with van der Waals surface area (Å²) in [4.78, 5) is 62.6. The summed E-state index contributed by atoms with van der Waals surface area (Å²) in [6, 6.07) is 10.1. The Kier molecular flexibility index (Phi) is 13.9. The third-order valence-corrected chi connectivity index (χ3v) is 6.52. The second-order valence-electron chi connectivity index (χ2n) is 9.98. The van der Waals surface area contributed by atoms with Crippen molar-refractivity contribution in [3.05, 3.63) is 65.7 Å². The van der Waals surface area contributed by atoms with Gasteiger partial charge in [0.25, 0.3) is 0 Å². The summed E-state index contributed by atoms with van der Waals surface area (Å²) in [6.45, 7) is 0.358. The Hall–Kier alpha value is -4.49. The van der Waals surface area contributed by atoms with Crippen LogP contribution in [0, 0.1) is 0 Å². The number of nitrogens with one attached hydrogen (secondary N) is 3. The quantitative estimate of drug-likeness (QED) is 0.105. The van der Waals surface area contributed by atoms with E-state index in [2.05, 4.69) is 16.0 Å². The van der Waals surface area contributed by atoms with E-state index in [4.69, 9.17) is 17.2 Å². The number of carbonyl (C=O) groups is 5. The molecule has 4 unspecified atom stereocenters. The normalized spacial score (nSPS) is 13.7. The van der Waals surface area contributed by atoms with E-state index < -0.39 is 53.8 Å². The SMILES string of the molecule is NCCCCC(NC(=O)C(Cc1ccc(O)cc1)NC(=O)C(N)CCC(N)=O)C(=O)NC(Cc1ccccc1)C(=O)O. The predicted octanol–water partition coefficient (Wildman–Crippen LogP) is -0.562. The number of phenols is 1. The van der Waals surface area contributed by atoms with Crippen molar-refractivity contribution in [2.45, 2.75) is 69.1 Å². The summed E-state index contributed by atoms with van der Waals surface area (Å²) >= 11 is 0. The van der Waals surface area contributed by atoms with Gasteiger partial charge < -0.3 is 43.4 Å². The van der Waals surface area contributed by atoms with Crippen molar-refractivity contribution in [2.75, 3.05) is 6.54 Å². The van der Waals surface area contributed by atoms with Gasteiger partial charge in [-0.15, -0.1) is 0 Å². The van der Waals surface area contributed by atoms with E-state index >= 15 is 0 Å². The second-order valence-corrected chi connectivity index (χ2v) is 9.98. The molecule has 0 aliphatic heterocycles. The van der Waals surface area contributed by atoms with Gasteiger partial charge >= 0.3 is 5.97 Å².